The molecular weight excluding hydrogens is 346 g/mol. The number of benzene rings is 1. The van der Waals surface area contributed by atoms with Crippen molar-refractivity contribution in [2.45, 2.75) is 19.5 Å². The predicted octanol–water partition coefficient (Wildman–Crippen LogP) is 3.37. The molecule has 0 unspecified atom stereocenters. The molecular formula is C18H18F2N2O4. The molecule has 3 rings (SSSR count). The van der Waals surface area contributed by atoms with Crippen LogP contribution in [-0.4, -0.2) is 36.4 Å². The van der Waals surface area contributed by atoms with E-state index in [2.05, 4.69) is 10.1 Å². The average Bonchev–Trinajstić information content (AvgIpc) is 3.17. The normalized spacial score (nSPS) is 17.2. The van der Waals surface area contributed by atoms with Gasteiger partial charge in [-0.1, -0.05) is 0 Å². The van der Waals surface area contributed by atoms with Gasteiger partial charge in [0.25, 0.3) is 5.91 Å². The molecule has 8 heteroatoms. The molecule has 6 nitrogen and oxygen atoms in total. The summed E-state index contributed by atoms with van der Waals surface area (Å²) in [4.78, 5) is 26.5. The van der Waals surface area contributed by atoms with Crippen LogP contribution in [0.3, 0.4) is 0 Å². The van der Waals surface area contributed by atoms with Crippen LogP contribution in [0.5, 0.6) is 5.75 Å². The number of carbonyl (C=O) groups excluding carboxylic acids is 2. The Morgan fingerprint density at radius 3 is 2.65 bits per heavy atom. The molecule has 1 atom stereocenters. The van der Waals surface area contributed by atoms with Gasteiger partial charge in [-0.05, 0) is 43.2 Å². The fourth-order valence-electron chi connectivity index (χ4n) is 2.91. The van der Waals surface area contributed by atoms with E-state index in [1.54, 1.807) is 11.0 Å². The van der Waals surface area contributed by atoms with Gasteiger partial charge in [0.05, 0.1) is 17.7 Å². The Morgan fingerprint density at radius 2 is 2.00 bits per heavy atom. The second kappa shape index (κ2) is 7.99. The topological polar surface area (TPSA) is 71.8 Å². The van der Waals surface area contributed by atoms with Crippen LogP contribution in [0.2, 0.25) is 0 Å². The van der Waals surface area contributed by atoms with E-state index >= 15 is 0 Å². The smallest absolute Gasteiger partial charge is 0.387 e. The van der Waals surface area contributed by atoms with Crippen molar-refractivity contribution in [2.75, 3.05) is 18.4 Å². The van der Waals surface area contributed by atoms with Crippen molar-refractivity contribution in [1.82, 2.24) is 4.90 Å². The summed E-state index contributed by atoms with van der Waals surface area (Å²) in [5.41, 5.74) is 0.940. The van der Waals surface area contributed by atoms with E-state index in [9.17, 15) is 18.4 Å². The molecule has 0 saturated carbocycles. The van der Waals surface area contributed by atoms with Crippen molar-refractivity contribution in [3.63, 3.8) is 0 Å². The van der Waals surface area contributed by atoms with Gasteiger partial charge >= 0.3 is 6.61 Å². The van der Waals surface area contributed by atoms with E-state index < -0.39 is 6.61 Å². The Morgan fingerprint density at radius 1 is 1.23 bits per heavy atom. The van der Waals surface area contributed by atoms with E-state index in [-0.39, 0.29) is 23.5 Å². The first-order valence-electron chi connectivity index (χ1n) is 8.20. The van der Waals surface area contributed by atoms with E-state index in [0.717, 1.165) is 6.42 Å². The van der Waals surface area contributed by atoms with Crippen LogP contribution in [0, 0.1) is 5.92 Å². The number of likely N-dealkylation sites (tertiary alicyclic amines) is 1. The second-order valence-corrected chi connectivity index (χ2v) is 5.99. The third-order valence-corrected chi connectivity index (χ3v) is 4.19. The minimum Gasteiger partial charge on any atom is -0.472 e. The molecule has 0 aliphatic carbocycles. The summed E-state index contributed by atoms with van der Waals surface area (Å²) in [7, 11) is 0. The highest BCUT2D eigenvalue weighted by atomic mass is 19.3. The summed E-state index contributed by atoms with van der Waals surface area (Å²) >= 11 is 0. The SMILES string of the molecule is O=C(Nc1ccc(OC(F)F)cc1)[C@@H]1CCCN(C(=O)c2ccoc2)C1. The Balaban J connectivity index is 1.58. The molecule has 2 heterocycles. The Bertz CT molecular complexity index is 747. The molecule has 26 heavy (non-hydrogen) atoms. The van der Waals surface area contributed by atoms with Crippen LogP contribution >= 0.6 is 0 Å². The maximum Gasteiger partial charge on any atom is 0.387 e. The molecule has 1 N–H and O–H groups in total. The van der Waals surface area contributed by atoms with Crippen molar-refractivity contribution < 1.29 is 27.5 Å². The van der Waals surface area contributed by atoms with Crippen molar-refractivity contribution in [1.29, 1.82) is 0 Å². The number of furan rings is 1. The van der Waals surface area contributed by atoms with Crippen LogP contribution in [0.25, 0.3) is 0 Å². The van der Waals surface area contributed by atoms with Crippen LogP contribution in [0.4, 0.5) is 14.5 Å². The maximum absolute atomic E-state index is 12.5. The fourth-order valence-corrected chi connectivity index (χ4v) is 2.91. The third-order valence-electron chi connectivity index (χ3n) is 4.19. The van der Waals surface area contributed by atoms with E-state index in [4.69, 9.17) is 4.42 Å². The lowest BCUT2D eigenvalue weighted by molar-refractivity contribution is -0.121. The number of piperidine rings is 1. The number of hydrogen-bond acceptors (Lipinski definition) is 4. The van der Waals surface area contributed by atoms with Gasteiger partial charge in [0.15, 0.2) is 0 Å². The lowest BCUT2D eigenvalue weighted by atomic mass is 9.96. The summed E-state index contributed by atoms with van der Waals surface area (Å²) in [5, 5.41) is 2.75. The number of alkyl halides is 2. The minimum absolute atomic E-state index is 0.0209. The number of hydrogen-bond donors (Lipinski definition) is 1. The standard InChI is InChI=1S/C18H18F2N2O4/c19-18(20)26-15-5-3-14(4-6-15)21-16(23)12-2-1-8-22(10-12)17(24)13-7-9-25-11-13/h3-7,9,11-12,18H,1-2,8,10H2,(H,21,23)/t12-/m1/s1. The Labute approximate surface area is 148 Å². The first-order chi connectivity index (χ1) is 12.5. The van der Waals surface area contributed by atoms with Gasteiger partial charge < -0.3 is 19.4 Å². The highest BCUT2D eigenvalue weighted by molar-refractivity contribution is 5.96. The summed E-state index contributed by atoms with van der Waals surface area (Å²) in [6, 6.07) is 7.30. The molecule has 138 valence electrons. The molecule has 0 spiro atoms. The Hall–Kier alpha value is -2.90. The van der Waals surface area contributed by atoms with E-state index in [1.165, 1.54) is 36.8 Å². The first kappa shape index (κ1) is 17.9. The van der Waals surface area contributed by atoms with Gasteiger partial charge in [0.1, 0.15) is 12.0 Å². The molecule has 1 aliphatic heterocycles. The van der Waals surface area contributed by atoms with Crippen LogP contribution in [0.1, 0.15) is 23.2 Å². The van der Waals surface area contributed by atoms with Gasteiger partial charge in [-0.15, -0.1) is 0 Å². The largest absolute Gasteiger partial charge is 0.472 e. The van der Waals surface area contributed by atoms with Gasteiger partial charge in [-0.3, -0.25) is 9.59 Å². The van der Waals surface area contributed by atoms with Gasteiger partial charge in [-0.2, -0.15) is 8.78 Å². The Kier molecular flexibility index (Phi) is 5.50. The number of amides is 2. The third kappa shape index (κ3) is 4.38. The first-order valence-corrected chi connectivity index (χ1v) is 8.20. The molecule has 2 aromatic rings. The number of carbonyl (C=O) groups is 2. The molecule has 0 bridgehead atoms. The van der Waals surface area contributed by atoms with Crippen molar-refractivity contribution >= 4 is 17.5 Å². The minimum atomic E-state index is -2.89. The molecule has 1 saturated heterocycles. The number of nitrogens with one attached hydrogen (secondary N) is 1. The summed E-state index contributed by atoms with van der Waals surface area (Å²) in [6.07, 6.45) is 4.22. The highest BCUT2D eigenvalue weighted by Gasteiger charge is 2.29. The number of nitrogens with zero attached hydrogens (tertiary/aromatic N) is 1. The van der Waals surface area contributed by atoms with Crippen LogP contribution in [-0.2, 0) is 4.79 Å². The van der Waals surface area contributed by atoms with Crippen molar-refractivity contribution in [2.24, 2.45) is 5.92 Å². The number of halogens is 2. The highest BCUT2D eigenvalue weighted by Crippen LogP contribution is 2.22. The zero-order valence-corrected chi connectivity index (χ0v) is 13.9. The number of ether oxygens (including phenoxy) is 1. The zero-order valence-electron chi connectivity index (χ0n) is 13.9. The summed E-state index contributed by atoms with van der Waals surface area (Å²) in [5.74, 6) is -0.689. The van der Waals surface area contributed by atoms with Crippen molar-refractivity contribution in [3.05, 3.63) is 48.4 Å². The predicted molar refractivity (Wildman–Crippen MR) is 89.0 cm³/mol. The molecule has 0 radical (unpaired) electrons. The van der Waals surface area contributed by atoms with E-state index in [0.29, 0.717) is 30.8 Å². The molecule has 1 aliphatic rings. The van der Waals surface area contributed by atoms with Crippen molar-refractivity contribution in [3.8, 4) is 5.75 Å². The lowest BCUT2D eigenvalue weighted by Crippen LogP contribution is -2.43. The summed E-state index contributed by atoms with van der Waals surface area (Å²) in [6.45, 7) is -1.98. The van der Waals surface area contributed by atoms with Gasteiger partial charge in [-0.25, -0.2) is 0 Å². The fraction of sp³-hybridized carbons (Fsp3) is 0.333. The molecule has 1 aromatic heterocycles. The quantitative estimate of drug-likeness (QED) is 0.883. The molecule has 1 aromatic carbocycles. The van der Waals surface area contributed by atoms with Crippen LogP contribution < -0.4 is 10.1 Å². The number of rotatable bonds is 5. The van der Waals surface area contributed by atoms with Gasteiger partial charge in [0, 0.05) is 18.8 Å². The maximum atomic E-state index is 12.5. The van der Waals surface area contributed by atoms with Crippen LogP contribution in [0.15, 0.2) is 47.3 Å². The molecule has 1 fully saturated rings. The summed E-state index contributed by atoms with van der Waals surface area (Å²) < 4.78 is 33.5. The average molecular weight is 364 g/mol. The molecule has 2 amide bonds. The number of anilines is 1. The monoisotopic (exact) mass is 364 g/mol. The van der Waals surface area contributed by atoms with E-state index in [1.807, 2.05) is 0 Å². The zero-order chi connectivity index (χ0) is 18.5. The lowest BCUT2D eigenvalue weighted by Gasteiger charge is -2.31. The van der Waals surface area contributed by atoms with Gasteiger partial charge in [0.2, 0.25) is 5.91 Å². The second-order valence-electron chi connectivity index (χ2n) is 5.99.